The summed E-state index contributed by atoms with van der Waals surface area (Å²) in [6.45, 7) is 2.77. The molecule has 0 fully saturated rings. The van der Waals surface area contributed by atoms with Crippen molar-refractivity contribution < 1.29 is 4.74 Å². The predicted molar refractivity (Wildman–Crippen MR) is 108 cm³/mol. The summed E-state index contributed by atoms with van der Waals surface area (Å²) in [5.74, 6) is 1.24. The molecule has 0 radical (unpaired) electrons. The average Bonchev–Trinajstić information content (AvgIpc) is 3.30. The highest BCUT2D eigenvalue weighted by molar-refractivity contribution is 7.14. The Morgan fingerprint density at radius 1 is 1.26 bits per heavy atom. The van der Waals surface area contributed by atoms with Crippen LogP contribution in [0.4, 0.5) is 10.9 Å². The van der Waals surface area contributed by atoms with E-state index in [0.29, 0.717) is 28.5 Å². The molecule has 3 aromatic heterocycles. The van der Waals surface area contributed by atoms with Gasteiger partial charge in [0.2, 0.25) is 5.95 Å². The largest absolute Gasteiger partial charge is 0.497 e. The molecule has 0 amide bonds. The number of ether oxygens (including phenoxy) is 1. The summed E-state index contributed by atoms with van der Waals surface area (Å²) < 4.78 is 8.45. The van der Waals surface area contributed by atoms with Gasteiger partial charge in [0.25, 0.3) is 0 Å². The highest BCUT2D eigenvalue weighted by Gasteiger charge is 2.18. The standard InChI is InChI=1S/C19H19N5O2S/c1-4-23(16-9-6-10-27-16)18-20-12-15-17(21-18)24(19(25)22(15)2)13-7-5-8-14(11-13)26-3/h5-12H,4H2,1-3H3. The number of benzene rings is 1. The van der Waals surface area contributed by atoms with Gasteiger partial charge in [-0.05, 0) is 36.6 Å². The number of aromatic nitrogens is 4. The van der Waals surface area contributed by atoms with E-state index in [0.717, 1.165) is 11.5 Å². The lowest BCUT2D eigenvalue weighted by atomic mass is 10.3. The van der Waals surface area contributed by atoms with E-state index in [4.69, 9.17) is 9.72 Å². The molecule has 7 nitrogen and oxygen atoms in total. The first kappa shape index (κ1) is 17.3. The van der Waals surface area contributed by atoms with Gasteiger partial charge < -0.3 is 9.64 Å². The second kappa shape index (κ2) is 6.88. The molecule has 4 rings (SSSR count). The maximum atomic E-state index is 12.9. The second-order valence-corrected chi connectivity index (χ2v) is 6.88. The Morgan fingerprint density at radius 3 is 2.81 bits per heavy atom. The van der Waals surface area contributed by atoms with Crippen LogP contribution in [0.1, 0.15) is 6.92 Å². The van der Waals surface area contributed by atoms with E-state index in [9.17, 15) is 4.79 Å². The van der Waals surface area contributed by atoms with Crippen LogP contribution >= 0.6 is 11.3 Å². The molecule has 0 saturated carbocycles. The Morgan fingerprint density at radius 2 is 2.11 bits per heavy atom. The van der Waals surface area contributed by atoms with Crippen LogP contribution in [0.3, 0.4) is 0 Å². The van der Waals surface area contributed by atoms with Gasteiger partial charge in [0, 0.05) is 19.7 Å². The maximum Gasteiger partial charge on any atom is 0.334 e. The number of aryl methyl sites for hydroxylation is 1. The molecule has 0 aliphatic heterocycles. The molecule has 8 heteroatoms. The number of nitrogens with zero attached hydrogens (tertiary/aromatic N) is 5. The molecule has 27 heavy (non-hydrogen) atoms. The fourth-order valence-electron chi connectivity index (χ4n) is 3.03. The summed E-state index contributed by atoms with van der Waals surface area (Å²) in [5, 5.41) is 3.08. The second-order valence-electron chi connectivity index (χ2n) is 5.95. The maximum absolute atomic E-state index is 12.9. The Kier molecular flexibility index (Phi) is 4.41. The molecule has 0 N–H and O–H groups in total. The van der Waals surface area contributed by atoms with Gasteiger partial charge >= 0.3 is 5.69 Å². The van der Waals surface area contributed by atoms with Crippen molar-refractivity contribution in [3.63, 3.8) is 0 Å². The zero-order valence-corrected chi connectivity index (χ0v) is 16.1. The van der Waals surface area contributed by atoms with E-state index in [-0.39, 0.29) is 5.69 Å². The van der Waals surface area contributed by atoms with Crippen LogP contribution in [0.25, 0.3) is 16.9 Å². The van der Waals surface area contributed by atoms with Crippen molar-refractivity contribution in [2.24, 2.45) is 7.05 Å². The smallest absolute Gasteiger partial charge is 0.334 e. The number of hydrogen-bond acceptors (Lipinski definition) is 6. The van der Waals surface area contributed by atoms with Gasteiger partial charge in [0.1, 0.15) is 11.3 Å². The number of fused-ring (bicyclic) bond motifs is 1. The molecule has 0 bridgehead atoms. The summed E-state index contributed by atoms with van der Waals surface area (Å²) in [4.78, 5) is 24.1. The minimum absolute atomic E-state index is 0.177. The highest BCUT2D eigenvalue weighted by atomic mass is 32.1. The quantitative estimate of drug-likeness (QED) is 0.530. The molecule has 0 unspecified atom stereocenters. The lowest BCUT2D eigenvalue weighted by molar-refractivity contribution is 0.414. The lowest BCUT2D eigenvalue weighted by Gasteiger charge is -2.18. The van der Waals surface area contributed by atoms with Crippen molar-refractivity contribution in [2.45, 2.75) is 6.92 Å². The zero-order chi connectivity index (χ0) is 19.0. The van der Waals surface area contributed by atoms with Crippen LogP contribution in [0.5, 0.6) is 5.75 Å². The molecule has 0 saturated heterocycles. The molecule has 0 spiro atoms. The van der Waals surface area contributed by atoms with Gasteiger partial charge in [-0.3, -0.25) is 4.57 Å². The molecule has 1 aromatic carbocycles. The Hall–Kier alpha value is -3.13. The normalized spacial score (nSPS) is 11.1. The van der Waals surface area contributed by atoms with Gasteiger partial charge in [0.05, 0.1) is 24.0 Å². The third kappa shape index (κ3) is 2.87. The van der Waals surface area contributed by atoms with Crippen LogP contribution in [-0.2, 0) is 7.05 Å². The van der Waals surface area contributed by atoms with Crippen molar-refractivity contribution in [3.8, 4) is 11.4 Å². The molecule has 138 valence electrons. The molecule has 0 aliphatic rings. The van der Waals surface area contributed by atoms with Crippen molar-refractivity contribution in [3.05, 3.63) is 58.5 Å². The number of anilines is 2. The van der Waals surface area contributed by atoms with Crippen LogP contribution in [0, 0.1) is 0 Å². The lowest BCUT2D eigenvalue weighted by Crippen LogP contribution is -2.21. The minimum Gasteiger partial charge on any atom is -0.497 e. The van der Waals surface area contributed by atoms with E-state index >= 15 is 0 Å². The number of methoxy groups -OCH3 is 1. The van der Waals surface area contributed by atoms with Gasteiger partial charge in [-0.25, -0.2) is 14.3 Å². The highest BCUT2D eigenvalue weighted by Crippen LogP contribution is 2.28. The monoisotopic (exact) mass is 381 g/mol. The molecule has 4 aromatic rings. The summed E-state index contributed by atoms with van der Waals surface area (Å²) in [7, 11) is 3.33. The predicted octanol–water partition coefficient (Wildman–Crippen LogP) is 3.35. The number of imidazole rings is 1. The first-order valence-electron chi connectivity index (χ1n) is 8.54. The Bertz CT molecular complexity index is 1150. The van der Waals surface area contributed by atoms with Gasteiger partial charge in [-0.2, -0.15) is 4.98 Å². The third-order valence-corrected chi connectivity index (χ3v) is 5.32. The van der Waals surface area contributed by atoms with Crippen molar-refractivity contribution in [1.82, 2.24) is 19.1 Å². The first-order valence-corrected chi connectivity index (χ1v) is 9.42. The molecule has 0 aliphatic carbocycles. The van der Waals surface area contributed by atoms with Gasteiger partial charge in [-0.1, -0.05) is 6.07 Å². The SMILES string of the molecule is CCN(c1ncc2c(n1)n(-c1cccc(OC)c1)c(=O)n2C)c1cccs1. The van der Waals surface area contributed by atoms with Gasteiger partial charge in [0.15, 0.2) is 5.65 Å². The van der Waals surface area contributed by atoms with E-state index in [2.05, 4.69) is 4.98 Å². The number of hydrogen-bond donors (Lipinski definition) is 0. The first-order chi connectivity index (χ1) is 13.1. The summed E-state index contributed by atoms with van der Waals surface area (Å²) in [5.41, 5.74) is 1.77. The van der Waals surface area contributed by atoms with Crippen LogP contribution in [0.15, 0.2) is 52.8 Å². The fraction of sp³-hybridized carbons (Fsp3) is 0.211. The summed E-state index contributed by atoms with van der Waals surface area (Å²) in [6.07, 6.45) is 1.70. The number of rotatable bonds is 5. The average molecular weight is 381 g/mol. The summed E-state index contributed by atoms with van der Waals surface area (Å²) >= 11 is 1.63. The Labute approximate surface area is 160 Å². The van der Waals surface area contributed by atoms with Gasteiger partial charge in [-0.15, -0.1) is 11.3 Å². The van der Waals surface area contributed by atoms with E-state index < -0.39 is 0 Å². The van der Waals surface area contributed by atoms with E-state index in [1.54, 1.807) is 40.8 Å². The van der Waals surface area contributed by atoms with Crippen molar-refractivity contribution in [2.75, 3.05) is 18.6 Å². The summed E-state index contributed by atoms with van der Waals surface area (Å²) in [6, 6.07) is 11.4. The van der Waals surface area contributed by atoms with Crippen LogP contribution in [-0.4, -0.2) is 32.8 Å². The number of thiophene rings is 1. The van der Waals surface area contributed by atoms with E-state index in [1.165, 1.54) is 0 Å². The molecule has 3 heterocycles. The zero-order valence-electron chi connectivity index (χ0n) is 15.3. The van der Waals surface area contributed by atoms with E-state index in [1.807, 2.05) is 53.6 Å². The third-order valence-electron chi connectivity index (χ3n) is 4.43. The minimum atomic E-state index is -0.177. The van der Waals surface area contributed by atoms with Crippen molar-refractivity contribution >= 4 is 33.5 Å². The molecular weight excluding hydrogens is 362 g/mol. The van der Waals surface area contributed by atoms with Crippen LogP contribution < -0.4 is 15.3 Å². The fourth-order valence-corrected chi connectivity index (χ4v) is 3.83. The Balaban J connectivity index is 1.94. The van der Waals surface area contributed by atoms with Crippen LogP contribution in [0.2, 0.25) is 0 Å². The topological polar surface area (TPSA) is 65.2 Å². The molecular formula is C19H19N5O2S. The molecule has 0 atom stereocenters. The van der Waals surface area contributed by atoms with Crippen molar-refractivity contribution in [1.29, 1.82) is 0 Å².